The van der Waals surface area contributed by atoms with Crippen LogP contribution in [0.5, 0.6) is 11.5 Å². The Hall–Kier alpha value is -1.95. The molecule has 3 rings (SSSR count). The predicted octanol–water partition coefficient (Wildman–Crippen LogP) is 5.17. The number of benzene rings is 1. The molecule has 0 bridgehead atoms. The van der Waals surface area contributed by atoms with Crippen LogP contribution in [0.15, 0.2) is 12.1 Å². The highest BCUT2D eigenvalue weighted by Crippen LogP contribution is 2.37. The first-order valence-electron chi connectivity index (χ1n) is 13.5. The van der Waals surface area contributed by atoms with Crippen molar-refractivity contribution in [1.29, 1.82) is 0 Å². The summed E-state index contributed by atoms with van der Waals surface area (Å²) in [7, 11) is -4.57. The smallest absolute Gasteiger partial charge is 0.338 e. The minimum atomic E-state index is -4.57. The molecule has 0 aromatic heterocycles. The topological polar surface area (TPSA) is 120 Å². The fraction of sp³-hybridized carbons (Fsp3) is 0.741. The SMILES string of the molecule is CC(C)C(Oc1cc(C(=O)OCCS(=O)(=O)[O-])cc(F)c1OC(OC1CCCC1)C(C)C)OC1CCCC1. The number of carbonyl (C=O) groups excluding carboxylic acids is 1. The van der Waals surface area contributed by atoms with E-state index in [9.17, 15) is 17.8 Å². The van der Waals surface area contributed by atoms with Gasteiger partial charge in [0.25, 0.3) is 0 Å². The Labute approximate surface area is 225 Å². The van der Waals surface area contributed by atoms with Gasteiger partial charge in [0.05, 0.1) is 33.6 Å². The molecule has 1 aromatic rings. The molecular weight excluding hydrogens is 519 g/mol. The quantitative estimate of drug-likeness (QED) is 0.173. The zero-order valence-corrected chi connectivity index (χ0v) is 23.5. The molecule has 1 aromatic carbocycles. The summed E-state index contributed by atoms with van der Waals surface area (Å²) in [5, 5.41) is 0. The Morgan fingerprint density at radius 2 is 1.42 bits per heavy atom. The third kappa shape index (κ3) is 9.36. The van der Waals surface area contributed by atoms with Crippen molar-refractivity contribution in [3.05, 3.63) is 23.5 Å². The molecule has 2 aliphatic carbocycles. The van der Waals surface area contributed by atoms with Crippen molar-refractivity contribution in [2.24, 2.45) is 11.8 Å². The van der Waals surface area contributed by atoms with E-state index in [1.807, 2.05) is 27.7 Å². The summed E-state index contributed by atoms with van der Waals surface area (Å²) >= 11 is 0. The molecule has 2 aliphatic rings. The van der Waals surface area contributed by atoms with E-state index in [-0.39, 0.29) is 41.1 Å². The molecule has 0 N–H and O–H groups in total. The van der Waals surface area contributed by atoms with Gasteiger partial charge in [-0.25, -0.2) is 17.6 Å². The summed E-state index contributed by atoms with van der Waals surface area (Å²) in [5.41, 5.74) is -0.214. The van der Waals surface area contributed by atoms with Crippen LogP contribution in [0.3, 0.4) is 0 Å². The van der Waals surface area contributed by atoms with Crippen LogP contribution in [0.1, 0.15) is 89.4 Å². The second kappa shape index (κ2) is 13.9. The van der Waals surface area contributed by atoms with Crippen LogP contribution >= 0.6 is 0 Å². The van der Waals surface area contributed by atoms with Crippen molar-refractivity contribution in [2.45, 2.75) is 104 Å². The van der Waals surface area contributed by atoms with Gasteiger partial charge < -0.3 is 28.2 Å². The van der Waals surface area contributed by atoms with Crippen LogP contribution in [0.25, 0.3) is 0 Å². The van der Waals surface area contributed by atoms with Gasteiger partial charge in [0, 0.05) is 11.8 Å². The van der Waals surface area contributed by atoms with Gasteiger partial charge in [-0.3, -0.25) is 0 Å². The van der Waals surface area contributed by atoms with Crippen LogP contribution < -0.4 is 9.47 Å². The summed E-state index contributed by atoms with van der Waals surface area (Å²) in [5.74, 6) is -3.20. The van der Waals surface area contributed by atoms with Crippen LogP contribution in [0, 0.1) is 17.7 Å². The lowest BCUT2D eigenvalue weighted by molar-refractivity contribution is -0.152. The minimum absolute atomic E-state index is 0.0212. The summed E-state index contributed by atoms with van der Waals surface area (Å²) in [6, 6.07) is 2.22. The van der Waals surface area contributed by atoms with Gasteiger partial charge in [0.2, 0.25) is 18.3 Å². The van der Waals surface area contributed by atoms with Gasteiger partial charge in [-0.15, -0.1) is 0 Å². The Balaban J connectivity index is 1.88. The van der Waals surface area contributed by atoms with Crippen molar-refractivity contribution in [3.63, 3.8) is 0 Å². The maximum Gasteiger partial charge on any atom is 0.338 e. The Morgan fingerprint density at radius 1 is 0.921 bits per heavy atom. The standard InChI is InChI=1S/C27H41FO9S/c1-17(2)26(34-20-9-5-6-10-20)36-23-16-19(25(29)33-13-14-38(30,31)32)15-22(28)24(23)37-27(18(3)4)35-21-11-7-8-12-21/h15-18,20-21,26-27H,5-14H2,1-4H3,(H,30,31,32)/p-1. The number of ether oxygens (including phenoxy) is 5. The fourth-order valence-corrected chi connectivity index (χ4v) is 4.81. The van der Waals surface area contributed by atoms with Crippen LogP contribution in [0.2, 0.25) is 0 Å². The second-order valence-corrected chi connectivity index (χ2v) is 12.3. The minimum Gasteiger partial charge on any atom is -0.748 e. The lowest BCUT2D eigenvalue weighted by Gasteiger charge is -2.30. The van der Waals surface area contributed by atoms with Gasteiger partial charge in [0.15, 0.2) is 11.6 Å². The van der Waals surface area contributed by atoms with E-state index >= 15 is 4.39 Å². The monoisotopic (exact) mass is 559 g/mol. The van der Waals surface area contributed by atoms with E-state index in [1.165, 1.54) is 6.07 Å². The van der Waals surface area contributed by atoms with E-state index < -0.39 is 46.8 Å². The highest BCUT2D eigenvalue weighted by molar-refractivity contribution is 7.85. The zero-order valence-electron chi connectivity index (χ0n) is 22.7. The highest BCUT2D eigenvalue weighted by atomic mass is 32.2. The molecule has 0 heterocycles. The molecular formula is C27H40FO9S-. The van der Waals surface area contributed by atoms with Gasteiger partial charge in [-0.05, 0) is 37.8 Å². The van der Waals surface area contributed by atoms with Crippen molar-refractivity contribution in [2.75, 3.05) is 12.4 Å². The maximum absolute atomic E-state index is 15.5. The van der Waals surface area contributed by atoms with Crippen molar-refractivity contribution >= 4 is 16.1 Å². The Bertz CT molecular complexity index is 1020. The fourth-order valence-electron chi connectivity index (χ4n) is 4.52. The molecule has 11 heteroatoms. The number of hydrogen-bond donors (Lipinski definition) is 0. The molecule has 2 fully saturated rings. The normalized spacial score (nSPS) is 18.7. The third-order valence-corrected chi connectivity index (χ3v) is 7.30. The largest absolute Gasteiger partial charge is 0.748 e. The van der Waals surface area contributed by atoms with E-state index in [0.717, 1.165) is 57.4 Å². The molecule has 38 heavy (non-hydrogen) atoms. The predicted molar refractivity (Wildman–Crippen MR) is 136 cm³/mol. The van der Waals surface area contributed by atoms with Gasteiger partial charge in [-0.1, -0.05) is 53.4 Å². The summed E-state index contributed by atoms with van der Waals surface area (Å²) in [6.07, 6.45) is 6.46. The van der Waals surface area contributed by atoms with Crippen molar-refractivity contribution in [3.8, 4) is 11.5 Å². The first kappa shape index (κ1) is 30.6. The van der Waals surface area contributed by atoms with E-state index in [2.05, 4.69) is 0 Å². The lowest BCUT2D eigenvalue weighted by Crippen LogP contribution is -2.33. The van der Waals surface area contributed by atoms with Gasteiger partial charge in [-0.2, -0.15) is 0 Å². The number of rotatable bonds is 14. The highest BCUT2D eigenvalue weighted by Gasteiger charge is 2.30. The first-order valence-corrected chi connectivity index (χ1v) is 15.1. The molecule has 0 saturated heterocycles. The Kier molecular flexibility index (Phi) is 11.2. The average Bonchev–Trinajstić information content (AvgIpc) is 3.53. The third-order valence-electron chi connectivity index (χ3n) is 6.64. The summed E-state index contributed by atoms with van der Waals surface area (Å²) in [4.78, 5) is 12.6. The van der Waals surface area contributed by atoms with E-state index in [1.54, 1.807) is 0 Å². The number of carbonyl (C=O) groups is 1. The average molecular weight is 560 g/mol. The zero-order chi connectivity index (χ0) is 27.9. The lowest BCUT2D eigenvalue weighted by atomic mass is 10.1. The first-order chi connectivity index (χ1) is 17.9. The van der Waals surface area contributed by atoms with Crippen LogP contribution in [-0.2, 0) is 24.3 Å². The molecule has 2 saturated carbocycles. The molecule has 2 unspecified atom stereocenters. The molecule has 0 aliphatic heterocycles. The van der Waals surface area contributed by atoms with Crippen LogP contribution in [-0.4, -0.2) is 56.1 Å². The number of hydrogen-bond acceptors (Lipinski definition) is 9. The van der Waals surface area contributed by atoms with Crippen molar-refractivity contribution in [1.82, 2.24) is 0 Å². The molecule has 0 spiro atoms. The van der Waals surface area contributed by atoms with Gasteiger partial charge >= 0.3 is 5.97 Å². The molecule has 0 amide bonds. The molecule has 2 atom stereocenters. The summed E-state index contributed by atoms with van der Waals surface area (Å²) in [6.45, 7) is 7.00. The summed E-state index contributed by atoms with van der Waals surface area (Å²) < 4.78 is 77.5. The van der Waals surface area contributed by atoms with Gasteiger partial charge in [0.1, 0.15) is 6.61 Å². The van der Waals surface area contributed by atoms with E-state index in [0.29, 0.717) is 0 Å². The maximum atomic E-state index is 15.5. The number of esters is 1. The molecule has 9 nitrogen and oxygen atoms in total. The Morgan fingerprint density at radius 3 is 1.89 bits per heavy atom. The molecule has 216 valence electrons. The van der Waals surface area contributed by atoms with Crippen LogP contribution in [0.4, 0.5) is 4.39 Å². The second-order valence-electron chi connectivity index (χ2n) is 10.7. The molecule has 0 radical (unpaired) electrons. The van der Waals surface area contributed by atoms with Crippen molar-refractivity contribution < 1.29 is 45.8 Å². The van der Waals surface area contributed by atoms with E-state index in [4.69, 9.17) is 23.7 Å². The number of halogens is 1.